The zero-order valence-corrected chi connectivity index (χ0v) is 17.7. The summed E-state index contributed by atoms with van der Waals surface area (Å²) < 4.78 is 32.5. The van der Waals surface area contributed by atoms with Crippen LogP contribution in [0.1, 0.15) is 42.5 Å². The van der Waals surface area contributed by atoms with Crippen LogP contribution < -0.4 is 10.2 Å². The van der Waals surface area contributed by atoms with Crippen molar-refractivity contribution in [3.63, 3.8) is 0 Å². The van der Waals surface area contributed by atoms with Gasteiger partial charge in [-0.05, 0) is 56.4 Å². The van der Waals surface area contributed by atoms with E-state index in [1.165, 1.54) is 16.8 Å². The van der Waals surface area contributed by atoms with Crippen LogP contribution in [0.25, 0.3) is 0 Å². The zero-order chi connectivity index (χ0) is 20.6. The highest BCUT2D eigenvalue weighted by Crippen LogP contribution is 2.28. The molecule has 0 radical (unpaired) electrons. The summed E-state index contributed by atoms with van der Waals surface area (Å²) in [6, 6.07) is 9.02. The normalized spacial score (nSPS) is 20.3. The van der Waals surface area contributed by atoms with Crippen molar-refractivity contribution in [2.24, 2.45) is 5.92 Å². The second-order valence-corrected chi connectivity index (χ2v) is 9.89. The van der Waals surface area contributed by atoms with E-state index in [0.717, 1.165) is 31.6 Å². The van der Waals surface area contributed by atoms with Crippen LogP contribution >= 0.6 is 0 Å². The summed E-state index contributed by atoms with van der Waals surface area (Å²) in [5.41, 5.74) is 1.78. The molecule has 2 aromatic rings. The molecule has 1 aromatic carbocycles. The first-order chi connectivity index (χ1) is 13.8. The minimum atomic E-state index is -3.62. The van der Waals surface area contributed by atoms with Crippen molar-refractivity contribution in [1.29, 1.82) is 0 Å². The predicted molar refractivity (Wildman–Crippen MR) is 112 cm³/mol. The van der Waals surface area contributed by atoms with Gasteiger partial charge in [0.2, 0.25) is 10.0 Å². The number of sulfonamides is 1. The Morgan fingerprint density at radius 1 is 1.14 bits per heavy atom. The van der Waals surface area contributed by atoms with E-state index in [2.05, 4.69) is 17.1 Å². The number of nitrogens with one attached hydrogen (secondary N) is 1. The Morgan fingerprint density at radius 3 is 2.45 bits per heavy atom. The van der Waals surface area contributed by atoms with Gasteiger partial charge in [0, 0.05) is 43.6 Å². The van der Waals surface area contributed by atoms with Gasteiger partial charge < -0.3 is 14.6 Å². The van der Waals surface area contributed by atoms with Crippen molar-refractivity contribution < 1.29 is 17.6 Å². The Kier molecular flexibility index (Phi) is 5.40. The van der Waals surface area contributed by atoms with Crippen LogP contribution in [0.15, 0.2) is 39.6 Å². The first kappa shape index (κ1) is 20.0. The highest BCUT2D eigenvalue weighted by Gasteiger charge is 2.31. The first-order valence-electron chi connectivity index (χ1n) is 10.1. The quantitative estimate of drug-likeness (QED) is 0.805. The predicted octanol–water partition coefficient (Wildman–Crippen LogP) is 3.47. The Bertz CT molecular complexity index is 991. The fourth-order valence-electron chi connectivity index (χ4n) is 4.02. The molecule has 1 unspecified atom stereocenters. The minimum absolute atomic E-state index is 0.00211. The van der Waals surface area contributed by atoms with Crippen LogP contribution in [-0.4, -0.2) is 44.8 Å². The first-order valence-corrected chi connectivity index (χ1v) is 11.6. The van der Waals surface area contributed by atoms with Crippen LogP contribution in [0.4, 0.5) is 11.4 Å². The van der Waals surface area contributed by atoms with E-state index >= 15 is 0 Å². The number of hydrogen-bond acceptors (Lipinski definition) is 5. The van der Waals surface area contributed by atoms with Gasteiger partial charge in [0.15, 0.2) is 5.76 Å². The smallest absolute Gasteiger partial charge is 0.291 e. The summed E-state index contributed by atoms with van der Waals surface area (Å²) >= 11 is 0. The van der Waals surface area contributed by atoms with E-state index < -0.39 is 15.9 Å². The van der Waals surface area contributed by atoms with Crippen LogP contribution in [0, 0.1) is 12.8 Å². The molecule has 4 rings (SSSR count). The zero-order valence-electron chi connectivity index (χ0n) is 16.8. The van der Waals surface area contributed by atoms with E-state index in [4.69, 9.17) is 4.42 Å². The average molecular weight is 418 g/mol. The Balaban J connectivity index is 1.46. The van der Waals surface area contributed by atoms with Gasteiger partial charge in [-0.3, -0.25) is 4.79 Å². The molecule has 1 atom stereocenters. The third-order valence-corrected chi connectivity index (χ3v) is 7.70. The maximum absolute atomic E-state index is 12.8. The summed E-state index contributed by atoms with van der Waals surface area (Å²) in [6.07, 6.45) is 2.91. The SMILES string of the molecule is Cc1oc(C(=O)Nc2ccc(N3CCC(C)C3)cc2)cc1S(=O)(=O)N1CCCC1. The van der Waals surface area contributed by atoms with Crippen molar-refractivity contribution in [2.45, 2.75) is 38.0 Å². The van der Waals surface area contributed by atoms with Crippen molar-refractivity contribution >= 4 is 27.3 Å². The highest BCUT2D eigenvalue weighted by atomic mass is 32.2. The molecule has 0 spiro atoms. The van der Waals surface area contributed by atoms with E-state index in [0.29, 0.717) is 24.7 Å². The minimum Gasteiger partial charge on any atom is -0.455 e. The molecule has 8 heteroatoms. The molecular formula is C21H27N3O4S. The van der Waals surface area contributed by atoms with Crippen molar-refractivity contribution in [1.82, 2.24) is 4.31 Å². The third kappa shape index (κ3) is 4.04. The number of anilines is 2. The number of aryl methyl sites for hydroxylation is 1. The lowest BCUT2D eigenvalue weighted by atomic mass is 10.2. The van der Waals surface area contributed by atoms with Crippen LogP contribution in [0.5, 0.6) is 0 Å². The van der Waals surface area contributed by atoms with Gasteiger partial charge in [-0.2, -0.15) is 4.31 Å². The summed E-state index contributed by atoms with van der Waals surface area (Å²) in [7, 11) is -3.62. The number of nitrogens with zero attached hydrogens (tertiary/aromatic N) is 2. The van der Waals surface area contributed by atoms with Crippen LogP contribution in [0.2, 0.25) is 0 Å². The van der Waals surface area contributed by atoms with E-state index in [9.17, 15) is 13.2 Å². The Labute approximate surface area is 171 Å². The molecule has 1 amide bonds. The van der Waals surface area contributed by atoms with Gasteiger partial charge in [-0.1, -0.05) is 6.92 Å². The molecule has 1 N–H and O–H groups in total. The number of hydrogen-bond donors (Lipinski definition) is 1. The third-order valence-electron chi connectivity index (χ3n) is 5.69. The van der Waals surface area contributed by atoms with Crippen molar-refractivity contribution in [3.05, 3.63) is 41.9 Å². The molecule has 0 aliphatic carbocycles. The number of rotatable bonds is 5. The average Bonchev–Trinajstić information content (AvgIpc) is 3.43. The topological polar surface area (TPSA) is 82.9 Å². The molecule has 0 bridgehead atoms. The van der Waals surface area contributed by atoms with Gasteiger partial charge in [0.1, 0.15) is 10.7 Å². The molecule has 3 heterocycles. The summed E-state index contributed by atoms with van der Waals surface area (Å²) in [6.45, 7) is 6.94. The number of carbonyl (C=O) groups excluding carboxylic acids is 1. The lowest BCUT2D eigenvalue weighted by Crippen LogP contribution is -2.28. The van der Waals surface area contributed by atoms with E-state index in [1.807, 2.05) is 24.3 Å². The summed E-state index contributed by atoms with van der Waals surface area (Å²) in [5, 5.41) is 2.79. The molecular weight excluding hydrogens is 390 g/mol. The molecule has 7 nitrogen and oxygen atoms in total. The second kappa shape index (κ2) is 7.84. The molecule has 1 aromatic heterocycles. The van der Waals surface area contributed by atoms with Gasteiger partial charge >= 0.3 is 0 Å². The standard InChI is InChI=1S/C21H27N3O4S/c1-15-9-12-23(14-15)18-7-5-17(6-8-18)22-21(25)19-13-20(16(2)28-19)29(26,27)24-10-3-4-11-24/h5-8,13,15H,3-4,9-12,14H2,1-2H3,(H,22,25). The van der Waals surface area contributed by atoms with E-state index in [-0.39, 0.29) is 16.4 Å². The molecule has 29 heavy (non-hydrogen) atoms. The van der Waals surface area contributed by atoms with Gasteiger partial charge in [-0.25, -0.2) is 8.42 Å². The number of amides is 1. The maximum Gasteiger partial charge on any atom is 0.291 e. The Morgan fingerprint density at radius 2 is 1.83 bits per heavy atom. The van der Waals surface area contributed by atoms with Crippen molar-refractivity contribution in [3.8, 4) is 0 Å². The molecule has 2 fully saturated rings. The molecule has 2 saturated heterocycles. The number of benzene rings is 1. The second-order valence-electron chi connectivity index (χ2n) is 7.98. The van der Waals surface area contributed by atoms with Crippen molar-refractivity contribution in [2.75, 3.05) is 36.4 Å². The lowest BCUT2D eigenvalue weighted by molar-refractivity contribution is 0.0995. The number of carbonyl (C=O) groups is 1. The fourth-order valence-corrected chi connectivity index (χ4v) is 5.70. The van der Waals surface area contributed by atoms with Crippen LogP contribution in [-0.2, 0) is 10.0 Å². The molecule has 0 saturated carbocycles. The molecule has 156 valence electrons. The monoisotopic (exact) mass is 417 g/mol. The van der Waals surface area contributed by atoms with Crippen LogP contribution in [0.3, 0.4) is 0 Å². The summed E-state index contributed by atoms with van der Waals surface area (Å²) in [4.78, 5) is 15.0. The van der Waals surface area contributed by atoms with Gasteiger partial charge in [0.25, 0.3) is 5.91 Å². The van der Waals surface area contributed by atoms with Gasteiger partial charge in [-0.15, -0.1) is 0 Å². The highest BCUT2D eigenvalue weighted by molar-refractivity contribution is 7.89. The fraction of sp³-hybridized carbons (Fsp3) is 0.476. The van der Waals surface area contributed by atoms with Gasteiger partial charge in [0.05, 0.1) is 0 Å². The number of furan rings is 1. The maximum atomic E-state index is 12.8. The largest absolute Gasteiger partial charge is 0.455 e. The molecule has 2 aliphatic heterocycles. The summed E-state index contributed by atoms with van der Waals surface area (Å²) in [5.74, 6) is 0.472. The lowest BCUT2D eigenvalue weighted by Gasteiger charge is -2.18. The van der Waals surface area contributed by atoms with E-state index in [1.54, 1.807) is 6.92 Å². The molecule has 2 aliphatic rings. The Hall–Kier alpha value is -2.32.